The minimum absolute atomic E-state index is 0.186. The maximum atomic E-state index is 11.7. The highest BCUT2D eigenvalue weighted by Crippen LogP contribution is 2.20. The highest BCUT2D eigenvalue weighted by atomic mass is 16.3. The van der Waals surface area contributed by atoms with Gasteiger partial charge in [-0.2, -0.15) is 4.98 Å². The zero-order valence-corrected chi connectivity index (χ0v) is 9.82. The number of hydrogen-bond acceptors (Lipinski definition) is 3. The zero-order valence-electron chi connectivity index (χ0n) is 9.82. The average molecular weight is 230 g/mol. The van der Waals surface area contributed by atoms with Gasteiger partial charge in [-0.3, -0.25) is 4.79 Å². The van der Waals surface area contributed by atoms with E-state index in [2.05, 4.69) is 9.97 Å². The van der Waals surface area contributed by atoms with Gasteiger partial charge in [0.05, 0.1) is 5.56 Å². The standard InChI is InChI=1S/C13H14N2O2/c1-3-9-12(16)14-11(15-13(9)17)10-7-5-4-6-8(10)2/h4-7H,3H2,1-2H3,(H2,14,15,16,17). The molecule has 0 atom stereocenters. The fourth-order valence-electron chi connectivity index (χ4n) is 1.77. The second-order valence-corrected chi connectivity index (χ2v) is 3.89. The molecule has 0 bridgehead atoms. The van der Waals surface area contributed by atoms with Crippen molar-refractivity contribution in [2.24, 2.45) is 0 Å². The van der Waals surface area contributed by atoms with E-state index in [0.717, 1.165) is 11.1 Å². The van der Waals surface area contributed by atoms with Crippen LogP contribution in [0.15, 0.2) is 29.1 Å². The Labute approximate surface area is 99.0 Å². The lowest BCUT2D eigenvalue weighted by molar-refractivity contribution is 0.444. The molecule has 2 aromatic rings. The summed E-state index contributed by atoms with van der Waals surface area (Å²) in [5.41, 5.74) is 1.86. The Morgan fingerprint density at radius 2 is 2.06 bits per heavy atom. The number of nitrogens with one attached hydrogen (secondary N) is 1. The monoisotopic (exact) mass is 230 g/mol. The third kappa shape index (κ3) is 2.06. The number of aromatic hydroxyl groups is 1. The molecule has 88 valence electrons. The van der Waals surface area contributed by atoms with Crippen molar-refractivity contribution in [3.8, 4) is 17.3 Å². The highest BCUT2D eigenvalue weighted by molar-refractivity contribution is 5.60. The lowest BCUT2D eigenvalue weighted by Crippen LogP contribution is -2.14. The summed E-state index contributed by atoms with van der Waals surface area (Å²) in [5.74, 6) is 0.220. The number of H-pyrrole nitrogens is 1. The van der Waals surface area contributed by atoms with Crippen molar-refractivity contribution in [3.63, 3.8) is 0 Å². The van der Waals surface area contributed by atoms with Gasteiger partial charge in [0.25, 0.3) is 5.56 Å². The van der Waals surface area contributed by atoms with E-state index in [9.17, 15) is 9.90 Å². The van der Waals surface area contributed by atoms with Gasteiger partial charge in [-0.05, 0) is 18.9 Å². The molecular weight excluding hydrogens is 216 g/mol. The maximum Gasteiger partial charge on any atom is 0.258 e. The van der Waals surface area contributed by atoms with Gasteiger partial charge in [0.1, 0.15) is 5.82 Å². The fourth-order valence-corrected chi connectivity index (χ4v) is 1.77. The molecule has 0 unspecified atom stereocenters. The van der Waals surface area contributed by atoms with Crippen LogP contribution in [0, 0.1) is 6.92 Å². The van der Waals surface area contributed by atoms with Crippen LogP contribution in [0.2, 0.25) is 0 Å². The summed E-state index contributed by atoms with van der Waals surface area (Å²) in [5, 5.41) is 9.69. The SMILES string of the molecule is CCc1c(O)nc(-c2ccccc2C)[nH]c1=O. The lowest BCUT2D eigenvalue weighted by Gasteiger charge is -2.06. The van der Waals surface area contributed by atoms with Gasteiger partial charge in [-0.15, -0.1) is 0 Å². The van der Waals surface area contributed by atoms with E-state index in [1.165, 1.54) is 0 Å². The maximum absolute atomic E-state index is 11.7. The molecule has 0 aliphatic carbocycles. The van der Waals surface area contributed by atoms with Crippen LogP contribution in [0.4, 0.5) is 0 Å². The van der Waals surface area contributed by atoms with Crippen LogP contribution in [0.1, 0.15) is 18.1 Å². The second kappa shape index (κ2) is 4.41. The van der Waals surface area contributed by atoms with E-state index in [0.29, 0.717) is 17.8 Å². The average Bonchev–Trinajstić information content (AvgIpc) is 2.29. The Kier molecular flexibility index (Phi) is 2.95. The predicted molar refractivity (Wildman–Crippen MR) is 66.1 cm³/mol. The van der Waals surface area contributed by atoms with E-state index in [1.807, 2.05) is 31.2 Å². The van der Waals surface area contributed by atoms with Crippen molar-refractivity contribution in [2.75, 3.05) is 0 Å². The van der Waals surface area contributed by atoms with E-state index < -0.39 is 0 Å². The van der Waals surface area contributed by atoms with Crippen LogP contribution < -0.4 is 5.56 Å². The van der Waals surface area contributed by atoms with Gasteiger partial charge in [-0.1, -0.05) is 31.2 Å². The van der Waals surface area contributed by atoms with Crippen LogP contribution in [0.25, 0.3) is 11.4 Å². The molecule has 2 rings (SSSR count). The molecule has 0 aliphatic heterocycles. The van der Waals surface area contributed by atoms with Crippen LogP contribution in [0.3, 0.4) is 0 Å². The lowest BCUT2D eigenvalue weighted by atomic mass is 10.1. The van der Waals surface area contributed by atoms with Crippen LogP contribution >= 0.6 is 0 Å². The molecule has 0 radical (unpaired) electrons. The molecule has 4 heteroatoms. The molecule has 17 heavy (non-hydrogen) atoms. The van der Waals surface area contributed by atoms with Crippen molar-refractivity contribution >= 4 is 0 Å². The minimum atomic E-state index is -0.279. The summed E-state index contributed by atoms with van der Waals surface area (Å²) in [6.45, 7) is 3.74. The molecule has 0 saturated carbocycles. The van der Waals surface area contributed by atoms with Gasteiger partial charge in [0.15, 0.2) is 0 Å². The summed E-state index contributed by atoms with van der Waals surface area (Å²) in [6, 6.07) is 7.57. The molecule has 1 aromatic carbocycles. The Balaban J connectivity index is 2.63. The molecule has 4 nitrogen and oxygen atoms in total. The Morgan fingerprint density at radius 1 is 1.35 bits per heavy atom. The topological polar surface area (TPSA) is 66.0 Å². The Hall–Kier alpha value is -2.10. The minimum Gasteiger partial charge on any atom is -0.493 e. The number of aromatic nitrogens is 2. The van der Waals surface area contributed by atoms with E-state index in [-0.39, 0.29) is 11.4 Å². The summed E-state index contributed by atoms with van der Waals surface area (Å²) < 4.78 is 0. The molecule has 0 amide bonds. The predicted octanol–water partition coefficient (Wildman–Crippen LogP) is 2.01. The summed E-state index contributed by atoms with van der Waals surface area (Å²) in [7, 11) is 0. The summed E-state index contributed by atoms with van der Waals surface area (Å²) in [4.78, 5) is 18.5. The molecule has 1 heterocycles. The second-order valence-electron chi connectivity index (χ2n) is 3.89. The van der Waals surface area contributed by atoms with Crippen LogP contribution in [-0.4, -0.2) is 15.1 Å². The van der Waals surface area contributed by atoms with E-state index in [1.54, 1.807) is 6.92 Å². The van der Waals surface area contributed by atoms with E-state index in [4.69, 9.17) is 0 Å². The van der Waals surface area contributed by atoms with Crippen LogP contribution in [0.5, 0.6) is 5.88 Å². The Bertz CT molecular complexity index is 603. The fraction of sp³-hybridized carbons (Fsp3) is 0.231. The molecule has 0 saturated heterocycles. The summed E-state index contributed by atoms with van der Waals surface area (Å²) >= 11 is 0. The van der Waals surface area contributed by atoms with Gasteiger partial charge in [0.2, 0.25) is 5.88 Å². The first-order valence-electron chi connectivity index (χ1n) is 5.51. The highest BCUT2D eigenvalue weighted by Gasteiger charge is 2.10. The van der Waals surface area contributed by atoms with Gasteiger partial charge in [0, 0.05) is 5.56 Å². The third-order valence-corrected chi connectivity index (χ3v) is 2.75. The smallest absolute Gasteiger partial charge is 0.258 e. The van der Waals surface area contributed by atoms with Crippen molar-refractivity contribution < 1.29 is 5.11 Å². The molecule has 2 N–H and O–H groups in total. The number of aromatic amines is 1. The molecular formula is C13H14N2O2. The van der Waals surface area contributed by atoms with Crippen LogP contribution in [-0.2, 0) is 6.42 Å². The zero-order chi connectivity index (χ0) is 12.4. The summed E-state index contributed by atoms with van der Waals surface area (Å²) in [6.07, 6.45) is 0.461. The van der Waals surface area contributed by atoms with Gasteiger partial charge >= 0.3 is 0 Å². The number of benzene rings is 1. The molecule has 0 aliphatic rings. The molecule has 1 aromatic heterocycles. The van der Waals surface area contributed by atoms with E-state index >= 15 is 0 Å². The quantitative estimate of drug-likeness (QED) is 0.829. The first-order chi connectivity index (χ1) is 8.13. The number of hydrogen-bond donors (Lipinski definition) is 2. The number of aryl methyl sites for hydroxylation is 1. The number of nitrogens with zero attached hydrogens (tertiary/aromatic N) is 1. The van der Waals surface area contributed by atoms with Crippen molar-refractivity contribution in [1.82, 2.24) is 9.97 Å². The van der Waals surface area contributed by atoms with Gasteiger partial charge in [-0.25, -0.2) is 0 Å². The number of rotatable bonds is 2. The molecule has 0 fully saturated rings. The third-order valence-electron chi connectivity index (χ3n) is 2.75. The van der Waals surface area contributed by atoms with Crippen molar-refractivity contribution in [2.45, 2.75) is 20.3 Å². The Morgan fingerprint density at radius 3 is 2.65 bits per heavy atom. The largest absolute Gasteiger partial charge is 0.493 e. The first-order valence-corrected chi connectivity index (χ1v) is 5.51. The molecule has 0 spiro atoms. The van der Waals surface area contributed by atoms with Crippen molar-refractivity contribution in [1.29, 1.82) is 0 Å². The van der Waals surface area contributed by atoms with Crippen molar-refractivity contribution in [3.05, 3.63) is 45.7 Å². The normalized spacial score (nSPS) is 10.5. The first kappa shape index (κ1) is 11.4. The van der Waals surface area contributed by atoms with Gasteiger partial charge < -0.3 is 10.1 Å².